The second kappa shape index (κ2) is 5.80. The molecule has 4 rings (SSSR count). The summed E-state index contributed by atoms with van der Waals surface area (Å²) >= 11 is 1.44. The summed E-state index contributed by atoms with van der Waals surface area (Å²) < 4.78 is 10.6. The summed E-state index contributed by atoms with van der Waals surface area (Å²) in [6.45, 7) is 5.72. The highest BCUT2D eigenvalue weighted by Gasteiger charge is 2.75. The fraction of sp³-hybridized carbons (Fsp3) is 0.650. The molecule has 3 aliphatic rings. The van der Waals surface area contributed by atoms with Crippen molar-refractivity contribution in [2.75, 3.05) is 12.4 Å². The number of nitrogens with one attached hydrogen (secondary N) is 1. The first kappa shape index (κ1) is 18.5. The molecule has 1 amide bonds. The van der Waals surface area contributed by atoms with Gasteiger partial charge in [0, 0.05) is 10.3 Å². The highest BCUT2D eigenvalue weighted by atomic mass is 32.1. The lowest BCUT2D eigenvalue weighted by atomic mass is 9.66. The van der Waals surface area contributed by atoms with E-state index in [4.69, 9.17) is 9.47 Å². The van der Waals surface area contributed by atoms with Gasteiger partial charge in [-0.15, -0.1) is 11.3 Å². The average molecular weight is 391 g/mol. The van der Waals surface area contributed by atoms with E-state index in [0.29, 0.717) is 23.4 Å². The summed E-state index contributed by atoms with van der Waals surface area (Å²) in [6.07, 6.45) is 4.94. The Labute approximate surface area is 162 Å². The molecule has 1 N–H and O–H groups in total. The van der Waals surface area contributed by atoms with Gasteiger partial charge in [0.25, 0.3) is 5.91 Å². The van der Waals surface area contributed by atoms with Gasteiger partial charge in [0.2, 0.25) is 0 Å². The number of ether oxygens (including phenoxy) is 2. The van der Waals surface area contributed by atoms with Gasteiger partial charge in [-0.3, -0.25) is 9.59 Å². The SMILES string of the molecule is COC(=O)c1c(NC(=O)[C@@]23CC[C@](C)(C(=O)O2)C3(C)C)sc2c1CCCC2. The molecule has 2 atom stereocenters. The zero-order chi connectivity index (χ0) is 19.6. The number of amides is 1. The molecule has 0 aromatic carbocycles. The van der Waals surface area contributed by atoms with Crippen LogP contribution in [0, 0.1) is 10.8 Å². The predicted molar refractivity (Wildman–Crippen MR) is 101 cm³/mol. The van der Waals surface area contributed by atoms with Crippen molar-refractivity contribution in [3.05, 3.63) is 16.0 Å². The van der Waals surface area contributed by atoms with Crippen molar-refractivity contribution < 1.29 is 23.9 Å². The number of thiophene rings is 1. The van der Waals surface area contributed by atoms with E-state index in [9.17, 15) is 14.4 Å². The normalized spacial score (nSPS) is 30.6. The third-order valence-electron chi connectivity index (χ3n) is 7.24. The van der Waals surface area contributed by atoms with Crippen LogP contribution in [0.2, 0.25) is 0 Å². The molecule has 146 valence electrons. The molecule has 6 nitrogen and oxygen atoms in total. The minimum absolute atomic E-state index is 0.312. The Morgan fingerprint density at radius 3 is 2.44 bits per heavy atom. The molecule has 2 fully saturated rings. The van der Waals surface area contributed by atoms with Crippen LogP contribution in [0.25, 0.3) is 0 Å². The maximum atomic E-state index is 13.3. The standard InChI is InChI=1S/C20H25NO5S/c1-18(2)19(3)9-10-20(18,26-17(19)24)16(23)21-14-13(15(22)25-4)11-7-5-6-8-12(11)27-14/h5-10H2,1-4H3,(H,21,23)/t19-,20-/m1/s1. The second-order valence-corrected chi connectivity index (χ2v) is 9.64. The highest BCUT2D eigenvalue weighted by molar-refractivity contribution is 7.17. The molecule has 0 radical (unpaired) electrons. The first-order chi connectivity index (χ1) is 12.7. The van der Waals surface area contributed by atoms with Gasteiger partial charge < -0.3 is 14.8 Å². The summed E-state index contributed by atoms with van der Waals surface area (Å²) in [7, 11) is 1.35. The summed E-state index contributed by atoms with van der Waals surface area (Å²) in [4.78, 5) is 39.3. The van der Waals surface area contributed by atoms with Crippen LogP contribution in [0.4, 0.5) is 5.00 Å². The number of carbonyl (C=O) groups excluding carboxylic acids is 3. The lowest BCUT2D eigenvalue weighted by Crippen LogP contribution is -2.50. The largest absolute Gasteiger partial charge is 0.465 e. The molecule has 1 aliphatic heterocycles. The first-order valence-corrected chi connectivity index (χ1v) is 10.3. The second-order valence-electron chi connectivity index (χ2n) is 8.53. The smallest absolute Gasteiger partial charge is 0.341 e. The van der Waals surface area contributed by atoms with Crippen molar-refractivity contribution in [3.8, 4) is 0 Å². The lowest BCUT2D eigenvalue weighted by Gasteiger charge is -2.35. The highest BCUT2D eigenvalue weighted by Crippen LogP contribution is 2.65. The quantitative estimate of drug-likeness (QED) is 0.798. The van der Waals surface area contributed by atoms with E-state index < -0.39 is 22.4 Å². The minimum atomic E-state index is -1.20. The third kappa shape index (κ3) is 2.21. The Bertz CT molecular complexity index is 857. The van der Waals surface area contributed by atoms with E-state index in [1.54, 1.807) is 0 Å². The molecule has 7 heteroatoms. The van der Waals surface area contributed by atoms with E-state index in [0.717, 1.165) is 36.1 Å². The molecule has 1 aromatic heterocycles. The molecule has 1 saturated heterocycles. The lowest BCUT2D eigenvalue weighted by molar-refractivity contribution is -0.165. The van der Waals surface area contributed by atoms with Crippen molar-refractivity contribution >= 4 is 34.2 Å². The number of methoxy groups -OCH3 is 1. The summed E-state index contributed by atoms with van der Waals surface area (Å²) in [5.41, 5.74) is -1.03. The Balaban J connectivity index is 1.71. The molecular weight excluding hydrogens is 366 g/mol. The minimum Gasteiger partial charge on any atom is -0.465 e. The van der Waals surface area contributed by atoms with Crippen molar-refractivity contribution in [1.82, 2.24) is 0 Å². The Kier molecular flexibility index (Phi) is 3.97. The van der Waals surface area contributed by atoms with Crippen LogP contribution in [0.5, 0.6) is 0 Å². The van der Waals surface area contributed by atoms with Crippen LogP contribution >= 0.6 is 11.3 Å². The zero-order valence-corrected chi connectivity index (χ0v) is 17.0. The van der Waals surface area contributed by atoms with Crippen molar-refractivity contribution in [3.63, 3.8) is 0 Å². The van der Waals surface area contributed by atoms with Crippen LogP contribution in [0.15, 0.2) is 0 Å². The molecule has 2 bridgehead atoms. The van der Waals surface area contributed by atoms with Crippen LogP contribution in [-0.2, 0) is 31.9 Å². The number of fused-ring (bicyclic) bond motifs is 3. The van der Waals surface area contributed by atoms with Gasteiger partial charge in [-0.05, 0) is 51.0 Å². The number of hydrogen-bond donors (Lipinski definition) is 1. The number of rotatable bonds is 3. The number of hydrogen-bond acceptors (Lipinski definition) is 6. The summed E-state index contributed by atoms with van der Waals surface area (Å²) in [6, 6.07) is 0. The fourth-order valence-electron chi connectivity index (χ4n) is 4.92. The Morgan fingerprint density at radius 1 is 1.15 bits per heavy atom. The summed E-state index contributed by atoms with van der Waals surface area (Å²) in [5, 5.41) is 3.45. The van der Waals surface area contributed by atoms with Gasteiger partial charge in [-0.1, -0.05) is 13.8 Å². The fourth-order valence-corrected chi connectivity index (χ4v) is 6.20. The van der Waals surface area contributed by atoms with Gasteiger partial charge in [0.1, 0.15) is 5.00 Å². The maximum absolute atomic E-state index is 13.3. The van der Waals surface area contributed by atoms with Gasteiger partial charge in [-0.25, -0.2) is 4.79 Å². The van der Waals surface area contributed by atoms with E-state index in [-0.39, 0.29) is 11.9 Å². The van der Waals surface area contributed by atoms with Crippen molar-refractivity contribution in [2.24, 2.45) is 10.8 Å². The maximum Gasteiger partial charge on any atom is 0.341 e. The zero-order valence-electron chi connectivity index (χ0n) is 16.2. The molecule has 2 heterocycles. The number of carbonyl (C=O) groups is 3. The van der Waals surface area contributed by atoms with E-state index in [1.165, 1.54) is 18.4 Å². The first-order valence-electron chi connectivity index (χ1n) is 9.46. The van der Waals surface area contributed by atoms with E-state index in [2.05, 4.69) is 5.32 Å². The molecule has 1 aromatic rings. The molecule has 1 saturated carbocycles. The van der Waals surface area contributed by atoms with Gasteiger partial charge in [0.15, 0.2) is 5.60 Å². The van der Waals surface area contributed by atoms with Gasteiger partial charge >= 0.3 is 11.9 Å². The van der Waals surface area contributed by atoms with Crippen LogP contribution < -0.4 is 5.32 Å². The van der Waals surface area contributed by atoms with E-state index >= 15 is 0 Å². The number of anilines is 1. The molecular formula is C20H25NO5S. The third-order valence-corrected chi connectivity index (χ3v) is 8.45. The van der Waals surface area contributed by atoms with Crippen LogP contribution in [0.3, 0.4) is 0 Å². The molecule has 27 heavy (non-hydrogen) atoms. The Morgan fingerprint density at radius 2 is 1.85 bits per heavy atom. The monoisotopic (exact) mass is 391 g/mol. The van der Waals surface area contributed by atoms with E-state index in [1.807, 2.05) is 20.8 Å². The van der Waals surface area contributed by atoms with Crippen molar-refractivity contribution in [2.45, 2.75) is 64.9 Å². The predicted octanol–water partition coefficient (Wildman–Crippen LogP) is 3.47. The molecule has 2 aliphatic carbocycles. The van der Waals surface area contributed by atoms with Gasteiger partial charge in [-0.2, -0.15) is 0 Å². The van der Waals surface area contributed by atoms with Crippen LogP contribution in [-0.4, -0.2) is 30.6 Å². The molecule has 0 unspecified atom stereocenters. The van der Waals surface area contributed by atoms with Crippen molar-refractivity contribution in [1.29, 1.82) is 0 Å². The number of esters is 2. The molecule has 0 spiro atoms. The number of aryl methyl sites for hydroxylation is 1. The Hall–Kier alpha value is -1.89. The topological polar surface area (TPSA) is 81.7 Å². The van der Waals surface area contributed by atoms with Gasteiger partial charge in [0.05, 0.1) is 18.1 Å². The summed E-state index contributed by atoms with van der Waals surface area (Å²) in [5.74, 6) is -1.08. The average Bonchev–Trinajstić information content (AvgIpc) is 3.14. The van der Waals surface area contributed by atoms with Crippen LogP contribution in [0.1, 0.15) is 67.3 Å².